The second kappa shape index (κ2) is 4.28. The Bertz CT molecular complexity index is 73.8. The van der Waals surface area contributed by atoms with Gasteiger partial charge in [0.2, 0.25) is 0 Å². The van der Waals surface area contributed by atoms with Gasteiger partial charge in [0.05, 0.1) is 13.8 Å². The number of rotatable bonds is 2. The molecule has 2 N–H and O–H groups in total. The molecule has 1 atom stereocenters. The van der Waals surface area contributed by atoms with Crippen LogP contribution in [0.1, 0.15) is 6.92 Å². The third-order valence-corrected chi connectivity index (χ3v) is 4.00. The molecule has 0 aromatic carbocycles. The molecule has 4 heteroatoms. The van der Waals surface area contributed by atoms with E-state index in [1.807, 2.05) is 6.92 Å². The van der Waals surface area contributed by atoms with Crippen LogP contribution in [0, 0.1) is 0 Å². The molecule has 0 radical (unpaired) electrons. The van der Waals surface area contributed by atoms with Crippen LogP contribution in [-0.4, -0.2) is 13.8 Å². The van der Waals surface area contributed by atoms with Crippen LogP contribution in [0.2, 0.25) is 19.6 Å². The highest BCUT2D eigenvalue weighted by Gasteiger charge is 2.22. The molecule has 0 saturated heterocycles. The van der Waals surface area contributed by atoms with E-state index in [-0.39, 0.29) is 18.1 Å². The standard InChI is InChI=1S/C5H15NOSi.ClH/c1-5(7-6)8(2,3)4;/h5H,6H2,1-4H3;1H. The lowest BCUT2D eigenvalue weighted by Crippen LogP contribution is -2.39. The van der Waals surface area contributed by atoms with E-state index in [9.17, 15) is 0 Å². The molecule has 0 aromatic rings. The zero-order valence-corrected chi connectivity index (χ0v) is 8.29. The zero-order chi connectivity index (χ0) is 6.78. The van der Waals surface area contributed by atoms with Crippen LogP contribution < -0.4 is 5.90 Å². The van der Waals surface area contributed by atoms with Crippen LogP contribution in [0.4, 0.5) is 0 Å². The SMILES string of the molecule is CC(ON)[Si](C)(C)C.Cl. The molecular formula is C5H16ClNOSi. The lowest BCUT2D eigenvalue weighted by atomic mass is 10.9. The van der Waals surface area contributed by atoms with Crippen LogP contribution in [0.25, 0.3) is 0 Å². The van der Waals surface area contributed by atoms with Crippen LogP contribution >= 0.6 is 12.4 Å². The highest BCUT2D eigenvalue weighted by molar-refractivity contribution is 6.77. The lowest BCUT2D eigenvalue weighted by molar-refractivity contribution is 0.114. The molecule has 9 heavy (non-hydrogen) atoms. The van der Waals surface area contributed by atoms with Crippen molar-refractivity contribution in [2.45, 2.75) is 32.3 Å². The van der Waals surface area contributed by atoms with E-state index in [2.05, 4.69) is 24.5 Å². The first-order valence-corrected chi connectivity index (χ1v) is 6.41. The van der Waals surface area contributed by atoms with Crippen molar-refractivity contribution in [3.63, 3.8) is 0 Å². The van der Waals surface area contributed by atoms with Gasteiger partial charge in [-0.25, -0.2) is 5.90 Å². The summed E-state index contributed by atoms with van der Waals surface area (Å²) in [5, 5.41) is 0. The minimum atomic E-state index is -1.11. The van der Waals surface area contributed by atoms with E-state index < -0.39 is 8.07 Å². The van der Waals surface area contributed by atoms with Crippen molar-refractivity contribution in [2.24, 2.45) is 5.90 Å². The van der Waals surface area contributed by atoms with Crippen LogP contribution in [-0.2, 0) is 4.84 Å². The molecule has 0 aliphatic rings. The minimum absolute atomic E-state index is 0. The molecule has 0 spiro atoms. The van der Waals surface area contributed by atoms with E-state index in [4.69, 9.17) is 5.90 Å². The Morgan fingerprint density at radius 3 is 1.67 bits per heavy atom. The number of nitrogens with two attached hydrogens (primary N) is 1. The van der Waals surface area contributed by atoms with Crippen LogP contribution in [0.15, 0.2) is 0 Å². The molecule has 0 aliphatic heterocycles. The largest absolute Gasteiger partial charge is 0.305 e. The van der Waals surface area contributed by atoms with Crippen molar-refractivity contribution in [3.8, 4) is 0 Å². The van der Waals surface area contributed by atoms with Gasteiger partial charge in [-0.2, -0.15) is 0 Å². The third-order valence-electron chi connectivity index (χ3n) is 1.42. The normalized spacial score (nSPS) is 14.3. The van der Waals surface area contributed by atoms with E-state index in [0.29, 0.717) is 0 Å². The number of halogens is 1. The highest BCUT2D eigenvalue weighted by atomic mass is 35.5. The summed E-state index contributed by atoms with van der Waals surface area (Å²) in [5.41, 5.74) is 0.266. The first-order chi connectivity index (χ1) is 3.48. The van der Waals surface area contributed by atoms with Gasteiger partial charge in [-0.3, -0.25) is 0 Å². The van der Waals surface area contributed by atoms with Gasteiger partial charge in [-0.05, 0) is 6.92 Å². The molecule has 0 fully saturated rings. The van der Waals surface area contributed by atoms with Gasteiger partial charge in [0.1, 0.15) is 0 Å². The summed E-state index contributed by atoms with van der Waals surface area (Å²) in [6, 6.07) is 0. The minimum Gasteiger partial charge on any atom is -0.305 e. The summed E-state index contributed by atoms with van der Waals surface area (Å²) >= 11 is 0. The van der Waals surface area contributed by atoms with Crippen molar-refractivity contribution in [2.75, 3.05) is 0 Å². The van der Waals surface area contributed by atoms with Crippen LogP contribution in [0.5, 0.6) is 0 Å². The average Bonchev–Trinajstić information content (AvgIpc) is 1.62. The topological polar surface area (TPSA) is 35.2 Å². The Balaban J connectivity index is 0. The fourth-order valence-electron chi connectivity index (χ4n) is 0.204. The Labute approximate surface area is 64.1 Å². The molecule has 0 aromatic heterocycles. The van der Waals surface area contributed by atoms with Crippen molar-refractivity contribution in [1.29, 1.82) is 0 Å². The molecule has 1 unspecified atom stereocenters. The smallest absolute Gasteiger partial charge is 0.0808 e. The quantitative estimate of drug-likeness (QED) is 0.503. The van der Waals surface area contributed by atoms with Gasteiger partial charge < -0.3 is 4.84 Å². The molecule has 0 bridgehead atoms. The molecule has 0 amide bonds. The Kier molecular flexibility index (Phi) is 5.77. The van der Waals surface area contributed by atoms with Crippen molar-refractivity contribution >= 4 is 20.5 Å². The molecule has 2 nitrogen and oxygen atoms in total. The summed E-state index contributed by atoms with van der Waals surface area (Å²) in [6.07, 6.45) is 0. The Morgan fingerprint density at radius 2 is 1.67 bits per heavy atom. The van der Waals surface area contributed by atoms with Crippen molar-refractivity contribution in [1.82, 2.24) is 0 Å². The first-order valence-electron chi connectivity index (χ1n) is 2.84. The van der Waals surface area contributed by atoms with Gasteiger partial charge >= 0.3 is 0 Å². The fourth-order valence-corrected chi connectivity index (χ4v) is 0.612. The van der Waals surface area contributed by atoms with Gasteiger partial charge in [0.15, 0.2) is 0 Å². The Hall–Kier alpha value is 0.427. The fraction of sp³-hybridized carbons (Fsp3) is 1.00. The summed E-state index contributed by atoms with van der Waals surface area (Å²) in [4.78, 5) is 4.68. The second-order valence-electron chi connectivity index (χ2n) is 3.14. The van der Waals surface area contributed by atoms with Gasteiger partial charge in [0.25, 0.3) is 0 Å². The molecule has 0 heterocycles. The van der Waals surface area contributed by atoms with E-state index >= 15 is 0 Å². The summed E-state index contributed by atoms with van der Waals surface area (Å²) in [7, 11) is -1.11. The summed E-state index contributed by atoms with van der Waals surface area (Å²) in [5.74, 6) is 4.99. The number of hydrogen-bond acceptors (Lipinski definition) is 2. The molecule has 0 rings (SSSR count). The predicted molar refractivity (Wildman–Crippen MR) is 45.3 cm³/mol. The number of hydrogen-bond donors (Lipinski definition) is 1. The monoisotopic (exact) mass is 169 g/mol. The zero-order valence-electron chi connectivity index (χ0n) is 6.47. The molecule has 58 valence electrons. The maximum Gasteiger partial charge on any atom is 0.0808 e. The maximum atomic E-state index is 4.99. The average molecular weight is 170 g/mol. The second-order valence-corrected chi connectivity index (χ2v) is 8.69. The lowest BCUT2D eigenvalue weighted by Gasteiger charge is -2.21. The van der Waals surface area contributed by atoms with Gasteiger partial charge in [0, 0.05) is 0 Å². The van der Waals surface area contributed by atoms with Gasteiger partial charge in [-0.1, -0.05) is 19.6 Å². The van der Waals surface area contributed by atoms with E-state index in [0.717, 1.165) is 0 Å². The predicted octanol–water partition coefficient (Wildman–Crippen LogP) is 1.56. The first kappa shape index (κ1) is 12.1. The summed E-state index contributed by atoms with van der Waals surface area (Å²) < 4.78 is 0. The molecular weight excluding hydrogens is 154 g/mol. The Morgan fingerprint density at radius 1 is 1.33 bits per heavy atom. The highest BCUT2D eigenvalue weighted by Crippen LogP contribution is 2.07. The van der Waals surface area contributed by atoms with Gasteiger partial charge in [-0.15, -0.1) is 12.4 Å². The third kappa shape index (κ3) is 4.90. The molecule has 0 saturated carbocycles. The van der Waals surface area contributed by atoms with E-state index in [1.165, 1.54) is 0 Å². The van der Waals surface area contributed by atoms with Crippen molar-refractivity contribution < 1.29 is 4.84 Å². The van der Waals surface area contributed by atoms with E-state index in [1.54, 1.807) is 0 Å². The van der Waals surface area contributed by atoms with Crippen molar-refractivity contribution in [3.05, 3.63) is 0 Å². The van der Waals surface area contributed by atoms with Crippen LogP contribution in [0.3, 0.4) is 0 Å². The molecule has 0 aliphatic carbocycles. The maximum absolute atomic E-state index is 4.99. The summed E-state index contributed by atoms with van der Waals surface area (Å²) in [6.45, 7) is 8.70.